The number of fused-ring (bicyclic) bond motifs is 1. The van der Waals surface area contributed by atoms with Gasteiger partial charge in [-0.3, -0.25) is 14.6 Å². The van der Waals surface area contributed by atoms with Gasteiger partial charge in [0, 0.05) is 0 Å². The molecule has 0 fully saturated rings. The Morgan fingerprint density at radius 2 is 1.52 bits per heavy atom. The fourth-order valence-corrected chi connectivity index (χ4v) is 4.61. The smallest absolute Gasteiger partial charge is 0.289 e. The number of aromatic nitrogens is 2. The van der Waals surface area contributed by atoms with Crippen molar-refractivity contribution in [3.05, 3.63) is 83.9 Å². The van der Waals surface area contributed by atoms with Crippen molar-refractivity contribution in [2.75, 3.05) is 4.31 Å². The van der Waals surface area contributed by atoms with Crippen LogP contribution in [0.3, 0.4) is 0 Å². The van der Waals surface area contributed by atoms with Crippen molar-refractivity contribution in [2.45, 2.75) is 5.92 Å². The molecule has 4 rings (SSSR count). The largest absolute Gasteiger partial charge is 0.364 e. The minimum Gasteiger partial charge on any atom is -0.289 e. The van der Waals surface area contributed by atoms with E-state index in [0.717, 1.165) is 16.0 Å². The minimum absolute atomic E-state index is 0.157. The predicted octanol–water partition coefficient (Wildman–Crippen LogP) is 3.27. The first-order valence-electron chi connectivity index (χ1n) is 8.97. The van der Waals surface area contributed by atoms with Crippen molar-refractivity contribution in [3.63, 3.8) is 0 Å². The molecule has 1 amide bonds. The number of hydrogen-bond acceptors (Lipinski definition) is 7. The summed E-state index contributed by atoms with van der Waals surface area (Å²) in [5.41, 5.74) is 4.29. The maximum atomic E-state index is 12.3. The lowest BCUT2D eigenvalue weighted by atomic mass is 9.90. The molecule has 0 aliphatic heterocycles. The number of amides is 1. The third-order valence-electron chi connectivity index (χ3n) is 4.67. The van der Waals surface area contributed by atoms with Crippen LogP contribution in [0.15, 0.2) is 72.8 Å². The molecule has 0 saturated carbocycles. The van der Waals surface area contributed by atoms with Crippen molar-refractivity contribution in [2.24, 2.45) is 0 Å². The molecule has 31 heavy (non-hydrogen) atoms. The number of nitrogens with zero attached hydrogens (tertiary/aromatic N) is 3. The molecule has 1 aromatic heterocycles. The average Bonchev–Trinajstić information content (AvgIpc) is 3.23. The lowest BCUT2D eigenvalue weighted by molar-refractivity contribution is -0.129. The van der Waals surface area contributed by atoms with Crippen molar-refractivity contribution in [1.82, 2.24) is 14.2 Å². The van der Waals surface area contributed by atoms with Gasteiger partial charge in [-0.25, -0.2) is 9.79 Å². The summed E-state index contributed by atoms with van der Waals surface area (Å²) < 4.78 is 43.1. The Bertz CT molecular complexity index is 1320. The van der Waals surface area contributed by atoms with Crippen molar-refractivity contribution < 1.29 is 23.0 Å². The zero-order valence-corrected chi connectivity index (χ0v) is 17.4. The molecule has 1 atom stereocenters. The molecular weight excluding hydrogens is 440 g/mol. The molecule has 0 saturated heterocycles. The first-order valence-corrected chi connectivity index (χ1v) is 11.1. The van der Waals surface area contributed by atoms with E-state index in [2.05, 4.69) is 8.75 Å². The van der Waals surface area contributed by atoms with Crippen LogP contribution in [0, 0.1) is 0 Å². The number of rotatable bonds is 6. The Morgan fingerprint density at radius 3 is 2.16 bits per heavy atom. The molecule has 3 aromatic carbocycles. The van der Waals surface area contributed by atoms with Crippen LogP contribution in [0.4, 0.5) is 11.4 Å². The highest BCUT2D eigenvalue weighted by atomic mass is 32.2. The summed E-state index contributed by atoms with van der Waals surface area (Å²) in [5, 5.41) is 9.16. The molecule has 0 spiro atoms. The van der Waals surface area contributed by atoms with Gasteiger partial charge in [0.05, 0.1) is 29.0 Å². The van der Waals surface area contributed by atoms with Gasteiger partial charge < -0.3 is 0 Å². The molecule has 11 heteroatoms. The van der Waals surface area contributed by atoms with Crippen LogP contribution in [-0.2, 0) is 15.1 Å². The molecule has 3 N–H and O–H groups in total. The molecule has 0 radical (unpaired) electrons. The van der Waals surface area contributed by atoms with Crippen LogP contribution in [0.25, 0.3) is 11.0 Å². The number of benzene rings is 3. The molecule has 1 unspecified atom stereocenters. The quantitative estimate of drug-likeness (QED) is 0.230. The van der Waals surface area contributed by atoms with Gasteiger partial charge in [-0.15, -0.1) is 0 Å². The standard InChI is InChI=1S/C20H16N4O5S2/c25-20(21-26)19(13-4-2-1-3-5-13)14-6-8-15(9-7-14)24(31(27,28)29)16-10-11-17-18(12-16)23-30-22-17/h1-12,19,26H,(H,21,25)(H,27,28,29). The summed E-state index contributed by atoms with van der Waals surface area (Å²) in [4.78, 5) is 12.3. The van der Waals surface area contributed by atoms with Gasteiger partial charge in [0.15, 0.2) is 0 Å². The average molecular weight is 457 g/mol. The molecule has 0 aliphatic rings. The Labute approximate surface area is 181 Å². The number of anilines is 2. The van der Waals surface area contributed by atoms with Crippen LogP contribution in [-0.4, -0.2) is 32.8 Å². The van der Waals surface area contributed by atoms with E-state index in [-0.39, 0.29) is 11.4 Å². The molecule has 0 bridgehead atoms. The Kier molecular flexibility index (Phi) is 5.65. The second kappa shape index (κ2) is 8.40. The van der Waals surface area contributed by atoms with Gasteiger partial charge in [-0.2, -0.15) is 17.2 Å². The second-order valence-electron chi connectivity index (χ2n) is 6.59. The third-order valence-corrected chi connectivity index (χ3v) is 6.11. The van der Waals surface area contributed by atoms with Crippen molar-refractivity contribution in [3.8, 4) is 0 Å². The summed E-state index contributed by atoms with van der Waals surface area (Å²) in [6.45, 7) is 0. The highest BCUT2D eigenvalue weighted by Gasteiger charge is 2.25. The summed E-state index contributed by atoms with van der Waals surface area (Å²) in [6.07, 6.45) is 0. The lowest BCUT2D eigenvalue weighted by Gasteiger charge is -2.22. The van der Waals surface area contributed by atoms with Gasteiger partial charge in [0.1, 0.15) is 11.0 Å². The lowest BCUT2D eigenvalue weighted by Crippen LogP contribution is -2.27. The number of nitrogens with one attached hydrogen (secondary N) is 1. The highest BCUT2D eigenvalue weighted by Crippen LogP contribution is 2.33. The van der Waals surface area contributed by atoms with E-state index in [1.807, 2.05) is 0 Å². The minimum atomic E-state index is -4.66. The Morgan fingerprint density at radius 1 is 0.903 bits per heavy atom. The van der Waals surface area contributed by atoms with E-state index in [1.54, 1.807) is 54.0 Å². The van der Waals surface area contributed by atoms with Crippen LogP contribution in [0.1, 0.15) is 17.0 Å². The second-order valence-corrected chi connectivity index (χ2v) is 8.38. The zero-order chi connectivity index (χ0) is 22.0. The fourth-order valence-electron chi connectivity index (χ4n) is 3.32. The van der Waals surface area contributed by atoms with E-state index in [4.69, 9.17) is 5.21 Å². The van der Waals surface area contributed by atoms with Crippen LogP contribution in [0.2, 0.25) is 0 Å². The molecule has 4 aromatic rings. The SMILES string of the molecule is O=C(NO)C(c1ccccc1)c1ccc(N(c2ccc3nsnc3c2)S(=O)(=O)O)cc1. The van der Waals surface area contributed by atoms with Gasteiger partial charge in [0.25, 0.3) is 5.91 Å². The van der Waals surface area contributed by atoms with E-state index < -0.39 is 22.1 Å². The van der Waals surface area contributed by atoms with Gasteiger partial charge >= 0.3 is 10.3 Å². The predicted molar refractivity (Wildman–Crippen MR) is 116 cm³/mol. The normalized spacial score (nSPS) is 12.5. The van der Waals surface area contributed by atoms with E-state index in [1.165, 1.54) is 24.3 Å². The maximum Gasteiger partial charge on any atom is 0.364 e. The van der Waals surface area contributed by atoms with Gasteiger partial charge in [-0.05, 0) is 41.5 Å². The number of carbonyl (C=O) groups excluding carboxylic acids is 1. The highest BCUT2D eigenvalue weighted by molar-refractivity contribution is 7.87. The van der Waals surface area contributed by atoms with Gasteiger partial charge in [-0.1, -0.05) is 42.5 Å². The monoisotopic (exact) mass is 456 g/mol. The van der Waals surface area contributed by atoms with E-state index in [9.17, 15) is 17.8 Å². The number of carbonyl (C=O) groups is 1. The van der Waals surface area contributed by atoms with Crippen LogP contribution < -0.4 is 9.79 Å². The number of hydrogen-bond donors (Lipinski definition) is 3. The summed E-state index contributed by atoms with van der Waals surface area (Å²) in [7, 11) is -4.66. The summed E-state index contributed by atoms with van der Waals surface area (Å²) in [5.74, 6) is -1.44. The Hall–Kier alpha value is -3.38. The summed E-state index contributed by atoms with van der Waals surface area (Å²) in [6, 6.07) is 19.5. The van der Waals surface area contributed by atoms with Crippen molar-refractivity contribution >= 4 is 50.3 Å². The molecule has 0 aliphatic carbocycles. The van der Waals surface area contributed by atoms with Gasteiger partial charge in [0.2, 0.25) is 0 Å². The summed E-state index contributed by atoms with van der Waals surface area (Å²) >= 11 is 0.996. The van der Waals surface area contributed by atoms with E-state index in [0.29, 0.717) is 22.2 Å². The molecule has 9 nitrogen and oxygen atoms in total. The van der Waals surface area contributed by atoms with Crippen LogP contribution >= 0.6 is 11.7 Å². The van der Waals surface area contributed by atoms with Crippen molar-refractivity contribution in [1.29, 1.82) is 0 Å². The fraction of sp³-hybridized carbons (Fsp3) is 0.0500. The molecule has 1 heterocycles. The number of hydroxylamine groups is 1. The van der Waals surface area contributed by atoms with E-state index >= 15 is 0 Å². The topological polar surface area (TPSA) is 133 Å². The molecule has 158 valence electrons. The van der Waals surface area contributed by atoms with Crippen LogP contribution in [0.5, 0.6) is 0 Å². The molecular formula is C20H16N4O5S2. The Balaban J connectivity index is 1.75. The first kappa shape index (κ1) is 20.9. The maximum absolute atomic E-state index is 12.3. The zero-order valence-electron chi connectivity index (χ0n) is 15.8. The third kappa shape index (κ3) is 4.25. The first-order chi connectivity index (χ1) is 14.9.